The van der Waals surface area contributed by atoms with Crippen molar-refractivity contribution in [3.05, 3.63) is 35.4 Å². The normalized spacial score (nSPS) is 21.0. The maximum atomic E-state index is 12.1. The molecule has 0 aliphatic carbocycles. The second-order valence-corrected chi connectivity index (χ2v) is 4.08. The summed E-state index contributed by atoms with van der Waals surface area (Å²) in [5.74, 6) is 0.180. The van der Waals surface area contributed by atoms with Crippen molar-refractivity contribution in [1.82, 2.24) is 0 Å². The number of hydrogen-bond acceptors (Lipinski definition) is 1. The summed E-state index contributed by atoms with van der Waals surface area (Å²) >= 11 is 0. The van der Waals surface area contributed by atoms with Gasteiger partial charge in [0.05, 0.1) is 5.69 Å². The summed E-state index contributed by atoms with van der Waals surface area (Å²) in [5.41, 5.74) is 4.49. The highest BCUT2D eigenvalue weighted by Crippen LogP contribution is 2.41. The van der Waals surface area contributed by atoms with Gasteiger partial charge in [-0.15, -0.1) is 0 Å². The van der Waals surface area contributed by atoms with Crippen LogP contribution in [0.4, 0.5) is 5.69 Å². The van der Waals surface area contributed by atoms with Crippen LogP contribution in [0.25, 0.3) is 5.57 Å². The summed E-state index contributed by atoms with van der Waals surface area (Å²) in [7, 11) is 0. The van der Waals surface area contributed by atoms with Crippen LogP contribution in [0.1, 0.15) is 24.5 Å². The molecular formula is C13H13NO. The second kappa shape index (κ2) is 2.96. The fourth-order valence-electron chi connectivity index (χ4n) is 2.61. The Labute approximate surface area is 89.2 Å². The molecule has 2 aliphatic rings. The standard InChI is InChI=1S/C13H13NO/c1-2-10-11-7-3-5-9-6-4-8-14(12(9)11)13(10)15/h2-3,5,7H,4,6,8H2,1H3/b10-2-. The van der Waals surface area contributed by atoms with Gasteiger partial charge < -0.3 is 4.90 Å². The molecule has 2 aliphatic heterocycles. The van der Waals surface area contributed by atoms with E-state index in [1.165, 1.54) is 11.3 Å². The van der Waals surface area contributed by atoms with Gasteiger partial charge in [0, 0.05) is 17.7 Å². The number of rotatable bonds is 0. The minimum atomic E-state index is 0.180. The van der Waals surface area contributed by atoms with Gasteiger partial charge in [-0.05, 0) is 25.3 Å². The molecule has 0 saturated carbocycles. The Balaban J connectivity index is 2.31. The van der Waals surface area contributed by atoms with E-state index >= 15 is 0 Å². The van der Waals surface area contributed by atoms with Crippen molar-refractivity contribution in [2.75, 3.05) is 11.4 Å². The van der Waals surface area contributed by atoms with Crippen LogP contribution in [0.15, 0.2) is 24.3 Å². The molecule has 0 atom stereocenters. The van der Waals surface area contributed by atoms with Crippen LogP contribution < -0.4 is 4.90 Å². The molecular weight excluding hydrogens is 186 g/mol. The number of amides is 1. The third kappa shape index (κ3) is 1.02. The fraction of sp³-hybridized carbons (Fsp3) is 0.308. The molecule has 15 heavy (non-hydrogen) atoms. The van der Waals surface area contributed by atoms with Gasteiger partial charge in [0.15, 0.2) is 0 Å². The van der Waals surface area contributed by atoms with Gasteiger partial charge in [-0.3, -0.25) is 4.79 Å². The number of carbonyl (C=O) groups is 1. The Morgan fingerprint density at radius 2 is 2.27 bits per heavy atom. The van der Waals surface area contributed by atoms with Crippen molar-refractivity contribution in [1.29, 1.82) is 0 Å². The Morgan fingerprint density at radius 1 is 1.40 bits per heavy atom. The number of allylic oxidation sites excluding steroid dienone is 1. The van der Waals surface area contributed by atoms with Gasteiger partial charge in [-0.1, -0.05) is 24.3 Å². The van der Waals surface area contributed by atoms with E-state index in [1.807, 2.05) is 17.9 Å². The molecule has 3 rings (SSSR count). The van der Waals surface area contributed by atoms with Gasteiger partial charge in [0.1, 0.15) is 0 Å². The lowest BCUT2D eigenvalue weighted by molar-refractivity contribution is -0.113. The summed E-state index contributed by atoms with van der Waals surface area (Å²) in [5, 5.41) is 0. The first-order chi connectivity index (χ1) is 7.33. The zero-order valence-corrected chi connectivity index (χ0v) is 8.79. The number of hydrogen-bond donors (Lipinski definition) is 0. The molecule has 1 amide bonds. The highest BCUT2D eigenvalue weighted by Gasteiger charge is 2.34. The zero-order valence-electron chi connectivity index (χ0n) is 8.79. The third-order valence-corrected chi connectivity index (χ3v) is 3.27. The molecule has 2 heterocycles. The van der Waals surface area contributed by atoms with Gasteiger partial charge in [-0.2, -0.15) is 0 Å². The van der Waals surface area contributed by atoms with E-state index in [0.717, 1.165) is 30.5 Å². The molecule has 0 unspecified atom stereocenters. The van der Waals surface area contributed by atoms with Crippen LogP contribution in [-0.4, -0.2) is 12.5 Å². The summed E-state index contributed by atoms with van der Waals surface area (Å²) in [6.45, 7) is 2.81. The molecule has 0 aromatic heterocycles. The van der Waals surface area contributed by atoms with E-state index in [4.69, 9.17) is 0 Å². The van der Waals surface area contributed by atoms with Crippen LogP contribution in [-0.2, 0) is 11.2 Å². The molecule has 0 fully saturated rings. The van der Waals surface area contributed by atoms with Crippen LogP contribution in [0.2, 0.25) is 0 Å². The molecule has 2 nitrogen and oxygen atoms in total. The monoisotopic (exact) mass is 199 g/mol. The predicted octanol–water partition coefficient (Wildman–Crippen LogP) is 2.38. The first-order valence-electron chi connectivity index (χ1n) is 5.43. The molecule has 0 radical (unpaired) electrons. The van der Waals surface area contributed by atoms with Crippen molar-refractivity contribution in [3.8, 4) is 0 Å². The molecule has 0 spiro atoms. The molecule has 0 N–H and O–H groups in total. The molecule has 2 heteroatoms. The van der Waals surface area contributed by atoms with Crippen molar-refractivity contribution in [2.45, 2.75) is 19.8 Å². The van der Waals surface area contributed by atoms with Crippen LogP contribution in [0, 0.1) is 0 Å². The average Bonchev–Trinajstić information content (AvgIpc) is 2.55. The highest BCUT2D eigenvalue weighted by molar-refractivity contribution is 6.33. The largest absolute Gasteiger partial charge is 0.307 e. The fourth-order valence-corrected chi connectivity index (χ4v) is 2.61. The van der Waals surface area contributed by atoms with Crippen molar-refractivity contribution in [2.24, 2.45) is 0 Å². The number of carbonyl (C=O) groups excluding carboxylic acids is 1. The Kier molecular flexibility index (Phi) is 1.72. The Morgan fingerprint density at radius 3 is 3.07 bits per heavy atom. The first-order valence-corrected chi connectivity index (χ1v) is 5.43. The summed E-state index contributed by atoms with van der Waals surface area (Å²) in [6.07, 6.45) is 4.11. The number of anilines is 1. The SMILES string of the molecule is C/C=C1\C(=O)N2CCCc3cccc1c32. The Hall–Kier alpha value is -1.57. The van der Waals surface area contributed by atoms with Gasteiger partial charge in [0.25, 0.3) is 5.91 Å². The smallest absolute Gasteiger partial charge is 0.258 e. The number of benzene rings is 1. The van der Waals surface area contributed by atoms with Crippen molar-refractivity contribution < 1.29 is 4.79 Å². The van der Waals surface area contributed by atoms with E-state index in [0.29, 0.717) is 0 Å². The van der Waals surface area contributed by atoms with Gasteiger partial charge in [0.2, 0.25) is 0 Å². The maximum absolute atomic E-state index is 12.1. The van der Waals surface area contributed by atoms with E-state index in [9.17, 15) is 4.79 Å². The number of para-hydroxylation sites is 1. The topological polar surface area (TPSA) is 20.3 Å². The van der Waals surface area contributed by atoms with Gasteiger partial charge >= 0.3 is 0 Å². The van der Waals surface area contributed by atoms with Crippen molar-refractivity contribution in [3.63, 3.8) is 0 Å². The number of aryl methyl sites for hydroxylation is 1. The summed E-state index contributed by atoms with van der Waals surface area (Å²) < 4.78 is 0. The minimum Gasteiger partial charge on any atom is -0.307 e. The van der Waals surface area contributed by atoms with Gasteiger partial charge in [-0.25, -0.2) is 0 Å². The first kappa shape index (κ1) is 8.72. The van der Waals surface area contributed by atoms with E-state index in [2.05, 4.69) is 18.2 Å². The minimum absolute atomic E-state index is 0.180. The van der Waals surface area contributed by atoms with E-state index in [-0.39, 0.29) is 5.91 Å². The second-order valence-electron chi connectivity index (χ2n) is 4.08. The molecule has 1 aromatic carbocycles. The lowest BCUT2D eigenvalue weighted by atomic mass is 9.99. The molecule has 1 aromatic rings. The molecule has 0 saturated heterocycles. The third-order valence-electron chi connectivity index (χ3n) is 3.27. The zero-order chi connectivity index (χ0) is 10.4. The number of nitrogens with zero attached hydrogens (tertiary/aromatic N) is 1. The highest BCUT2D eigenvalue weighted by atomic mass is 16.2. The maximum Gasteiger partial charge on any atom is 0.258 e. The predicted molar refractivity (Wildman–Crippen MR) is 60.8 cm³/mol. The van der Waals surface area contributed by atoms with Crippen LogP contribution in [0.3, 0.4) is 0 Å². The molecule has 76 valence electrons. The van der Waals surface area contributed by atoms with Crippen molar-refractivity contribution >= 4 is 17.2 Å². The summed E-state index contributed by atoms with van der Waals surface area (Å²) in [6, 6.07) is 6.24. The quantitative estimate of drug-likeness (QED) is 0.587. The van der Waals surface area contributed by atoms with E-state index < -0.39 is 0 Å². The molecule has 0 bridgehead atoms. The van der Waals surface area contributed by atoms with Crippen LogP contribution in [0.5, 0.6) is 0 Å². The summed E-state index contributed by atoms with van der Waals surface area (Å²) in [4.78, 5) is 14.0. The average molecular weight is 199 g/mol. The lowest BCUT2D eigenvalue weighted by Crippen LogP contribution is -2.31. The van der Waals surface area contributed by atoms with E-state index in [1.54, 1.807) is 0 Å². The lowest BCUT2D eigenvalue weighted by Gasteiger charge is -2.24. The Bertz CT molecular complexity index is 473. The van der Waals surface area contributed by atoms with Crippen LogP contribution >= 0.6 is 0 Å².